The molecular formula is C22H19Br2NO3. The highest BCUT2D eigenvalue weighted by atomic mass is 79.9. The standard InChI is InChI=1S/C22H19Br2NO3/c1-22(2)17(12-19(23)24)20(22)21(26)28-18(13-25)14-7-6-10-16(11-14)27-15-8-4-3-5-9-15/h3-12,17-18,20H,1-2H3/t17-,18+,20+/m0/s1. The molecule has 28 heavy (non-hydrogen) atoms. The summed E-state index contributed by atoms with van der Waals surface area (Å²) < 4.78 is 12.2. The molecule has 0 spiro atoms. The molecule has 0 amide bonds. The summed E-state index contributed by atoms with van der Waals surface area (Å²) in [6.07, 6.45) is 0.960. The van der Waals surface area contributed by atoms with Crippen LogP contribution >= 0.6 is 31.9 Å². The van der Waals surface area contributed by atoms with Crippen LogP contribution in [-0.4, -0.2) is 5.97 Å². The van der Waals surface area contributed by atoms with Crippen molar-refractivity contribution in [2.45, 2.75) is 20.0 Å². The third kappa shape index (κ3) is 4.65. The Labute approximate surface area is 181 Å². The lowest BCUT2D eigenvalue weighted by molar-refractivity contribution is -0.149. The number of rotatable bonds is 6. The second-order valence-electron chi connectivity index (χ2n) is 7.21. The van der Waals surface area contributed by atoms with Crippen LogP contribution in [0.2, 0.25) is 0 Å². The van der Waals surface area contributed by atoms with Crippen LogP contribution in [0.25, 0.3) is 0 Å². The number of nitrogens with zero attached hydrogens (tertiary/aromatic N) is 1. The maximum atomic E-state index is 12.7. The van der Waals surface area contributed by atoms with Gasteiger partial charge in [0.2, 0.25) is 6.10 Å². The van der Waals surface area contributed by atoms with E-state index in [0.717, 1.165) is 3.39 Å². The van der Waals surface area contributed by atoms with Crippen LogP contribution in [0, 0.1) is 28.6 Å². The average Bonchev–Trinajstić information content (AvgIpc) is 3.20. The number of nitriles is 1. The third-order valence-electron chi connectivity index (χ3n) is 4.96. The van der Waals surface area contributed by atoms with Crippen LogP contribution in [0.3, 0.4) is 0 Å². The number of esters is 1. The first-order valence-corrected chi connectivity index (χ1v) is 10.4. The molecule has 4 nitrogen and oxygen atoms in total. The number of hydrogen-bond donors (Lipinski definition) is 0. The minimum atomic E-state index is -0.986. The summed E-state index contributed by atoms with van der Waals surface area (Å²) in [5.41, 5.74) is 0.374. The first-order chi connectivity index (χ1) is 13.3. The smallest absolute Gasteiger partial charge is 0.311 e. The lowest BCUT2D eigenvalue weighted by Crippen LogP contribution is -2.14. The van der Waals surface area contributed by atoms with Gasteiger partial charge in [-0.2, -0.15) is 5.26 Å². The van der Waals surface area contributed by atoms with Crippen molar-refractivity contribution in [1.82, 2.24) is 0 Å². The number of benzene rings is 2. The Bertz CT molecular complexity index is 930. The number of halogens is 2. The van der Waals surface area contributed by atoms with Crippen molar-refractivity contribution in [2.75, 3.05) is 0 Å². The molecule has 3 atom stereocenters. The molecule has 2 aromatic carbocycles. The highest BCUT2D eigenvalue weighted by Gasteiger charge is 2.61. The monoisotopic (exact) mass is 503 g/mol. The lowest BCUT2D eigenvalue weighted by atomic mass is 10.1. The van der Waals surface area contributed by atoms with Gasteiger partial charge in [-0.05, 0) is 67.5 Å². The van der Waals surface area contributed by atoms with Crippen LogP contribution in [0.5, 0.6) is 11.5 Å². The van der Waals surface area contributed by atoms with E-state index in [4.69, 9.17) is 9.47 Å². The van der Waals surface area contributed by atoms with Crippen LogP contribution < -0.4 is 4.74 Å². The largest absolute Gasteiger partial charge is 0.457 e. The van der Waals surface area contributed by atoms with Crippen molar-refractivity contribution >= 4 is 37.8 Å². The second-order valence-corrected chi connectivity index (χ2v) is 9.99. The minimum absolute atomic E-state index is 0.0563. The zero-order valence-corrected chi connectivity index (χ0v) is 18.6. The Hall–Kier alpha value is -2.10. The Morgan fingerprint density at radius 2 is 1.82 bits per heavy atom. The van der Waals surface area contributed by atoms with Gasteiger partial charge in [-0.3, -0.25) is 4.79 Å². The number of ether oxygens (including phenoxy) is 2. The predicted molar refractivity (Wildman–Crippen MR) is 114 cm³/mol. The Morgan fingerprint density at radius 3 is 2.46 bits per heavy atom. The van der Waals surface area contributed by atoms with Crippen molar-refractivity contribution in [3.8, 4) is 17.6 Å². The molecule has 0 unspecified atom stereocenters. The van der Waals surface area contributed by atoms with Gasteiger partial charge in [0.05, 0.1) is 9.31 Å². The summed E-state index contributed by atoms with van der Waals surface area (Å²) in [5.74, 6) is 0.683. The van der Waals surface area contributed by atoms with Gasteiger partial charge >= 0.3 is 5.97 Å². The molecule has 2 aromatic rings. The van der Waals surface area contributed by atoms with Crippen LogP contribution in [0.1, 0.15) is 25.5 Å². The molecule has 1 saturated carbocycles. The minimum Gasteiger partial charge on any atom is -0.457 e. The topological polar surface area (TPSA) is 59.3 Å². The van der Waals surface area contributed by atoms with Gasteiger partial charge in [0.1, 0.15) is 17.6 Å². The van der Waals surface area contributed by atoms with E-state index < -0.39 is 6.10 Å². The second kappa shape index (κ2) is 8.50. The van der Waals surface area contributed by atoms with E-state index in [1.165, 1.54) is 0 Å². The molecule has 0 aromatic heterocycles. The molecule has 0 radical (unpaired) electrons. The van der Waals surface area contributed by atoms with Crippen molar-refractivity contribution < 1.29 is 14.3 Å². The van der Waals surface area contributed by atoms with Crippen molar-refractivity contribution in [1.29, 1.82) is 5.26 Å². The van der Waals surface area contributed by atoms with E-state index in [1.807, 2.05) is 50.3 Å². The number of allylic oxidation sites excluding steroid dienone is 1. The van der Waals surface area contributed by atoms with Gasteiger partial charge < -0.3 is 9.47 Å². The summed E-state index contributed by atoms with van der Waals surface area (Å²) in [5, 5.41) is 9.56. The van der Waals surface area contributed by atoms with E-state index in [1.54, 1.807) is 24.3 Å². The Morgan fingerprint density at radius 1 is 1.14 bits per heavy atom. The molecule has 144 valence electrons. The molecule has 0 aliphatic heterocycles. The fourth-order valence-electron chi connectivity index (χ4n) is 3.30. The number of carbonyl (C=O) groups excluding carboxylic acids is 1. The maximum Gasteiger partial charge on any atom is 0.311 e. The zero-order chi connectivity index (χ0) is 20.3. The number of hydrogen-bond acceptors (Lipinski definition) is 4. The van der Waals surface area contributed by atoms with Crippen molar-refractivity contribution in [3.05, 3.63) is 69.6 Å². The fraction of sp³-hybridized carbons (Fsp3) is 0.273. The van der Waals surface area contributed by atoms with Gasteiger partial charge in [0.25, 0.3) is 0 Å². The van der Waals surface area contributed by atoms with Crippen LogP contribution in [-0.2, 0) is 9.53 Å². The predicted octanol–water partition coefficient (Wildman–Crippen LogP) is 6.49. The van der Waals surface area contributed by atoms with Gasteiger partial charge in [0.15, 0.2) is 0 Å². The molecule has 6 heteroatoms. The summed E-state index contributed by atoms with van der Waals surface area (Å²) in [6.45, 7) is 4.03. The third-order valence-corrected chi connectivity index (χ3v) is 5.49. The summed E-state index contributed by atoms with van der Waals surface area (Å²) >= 11 is 6.68. The van der Waals surface area contributed by atoms with Crippen LogP contribution in [0.4, 0.5) is 0 Å². The number of carbonyl (C=O) groups is 1. The summed E-state index contributed by atoms with van der Waals surface area (Å²) in [6, 6.07) is 18.5. The highest BCUT2D eigenvalue weighted by molar-refractivity contribution is 9.28. The zero-order valence-electron chi connectivity index (χ0n) is 15.4. The number of para-hydroxylation sites is 1. The quantitative estimate of drug-likeness (QED) is 0.422. The SMILES string of the molecule is CC1(C)[C@@H](C=C(Br)Br)[C@@H]1C(=O)O[C@H](C#N)c1cccc(Oc2ccccc2)c1. The molecule has 1 aliphatic rings. The lowest BCUT2D eigenvalue weighted by Gasteiger charge is -2.13. The molecular weight excluding hydrogens is 486 g/mol. The van der Waals surface area contributed by atoms with Crippen LogP contribution in [0.15, 0.2) is 64.1 Å². The Balaban J connectivity index is 1.72. The molecule has 0 saturated heterocycles. The molecule has 0 heterocycles. The van der Waals surface area contributed by atoms with E-state index in [9.17, 15) is 10.1 Å². The van der Waals surface area contributed by atoms with Gasteiger partial charge in [0, 0.05) is 5.56 Å². The molecule has 3 rings (SSSR count). The normalized spacial score (nSPS) is 20.4. The Kier molecular flexibility index (Phi) is 6.26. The first kappa shape index (κ1) is 20.6. The summed E-state index contributed by atoms with van der Waals surface area (Å²) in [4.78, 5) is 12.7. The van der Waals surface area contributed by atoms with Crippen molar-refractivity contribution in [2.24, 2.45) is 17.3 Å². The molecule has 1 aliphatic carbocycles. The highest BCUT2D eigenvalue weighted by Crippen LogP contribution is 2.60. The van der Waals surface area contributed by atoms with E-state index in [-0.39, 0.29) is 23.2 Å². The molecule has 1 fully saturated rings. The average molecular weight is 505 g/mol. The van der Waals surface area contributed by atoms with Gasteiger partial charge in [-0.25, -0.2) is 0 Å². The van der Waals surface area contributed by atoms with E-state index in [2.05, 4.69) is 37.9 Å². The summed E-state index contributed by atoms with van der Waals surface area (Å²) in [7, 11) is 0. The maximum absolute atomic E-state index is 12.7. The van der Waals surface area contributed by atoms with Crippen molar-refractivity contribution in [3.63, 3.8) is 0 Å². The van der Waals surface area contributed by atoms with E-state index >= 15 is 0 Å². The van der Waals surface area contributed by atoms with Gasteiger partial charge in [-0.1, -0.05) is 50.3 Å². The first-order valence-electron chi connectivity index (χ1n) is 8.78. The molecule has 0 N–H and O–H groups in total. The fourth-order valence-corrected chi connectivity index (χ4v) is 3.87. The van der Waals surface area contributed by atoms with Gasteiger partial charge in [-0.15, -0.1) is 0 Å². The van der Waals surface area contributed by atoms with E-state index in [0.29, 0.717) is 17.1 Å². The molecule has 0 bridgehead atoms.